The molecule has 134 valence electrons. The first-order chi connectivity index (χ1) is 12.4. The fourth-order valence-corrected chi connectivity index (χ4v) is 6.56. The standard InChI is InChI=1S/C24H26FN/c1-15(2)12-20-21-23(3,4)24(21)19-11-6-5-10-18(19)22(24)26(20)14-16-8-7-9-17(25)13-16/h5-11,13,20-22H,1,12,14H2,2-4H3. The average Bonchev–Trinajstić information content (AvgIpc) is 2.99. The lowest BCUT2D eigenvalue weighted by molar-refractivity contribution is 0.0897. The second-order valence-electron chi connectivity index (χ2n) is 9.09. The minimum Gasteiger partial charge on any atom is -0.288 e. The molecule has 4 unspecified atom stereocenters. The number of halogens is 1. The molecule has 2 aromatic carbocycles. The van der Waals surface area contributed by atoms with Crippen LogP contribution in [0.15, 0.2) is 60.7 Å². The van der Waals surface area contributed by atoms with Crippen LogP contribution in [0.3, 0.4) is 0 Å². The summed E-state index contributed by atoms with van der Waals surface area (Å²) >= 11 is 0. The summed E-state index contributed by atoms with van der Waals surface area (Å²) in [4.78, 5) is 2.64. The number of fused-ring (bicyclic) bond motifs is 2. The molecule has 2 aliphatic carbocycles. The molecular weight excluding hydrogens is 321 g/mol. The minimum atomic E-state index is -0.146. The third-order valence-corrected chi connectivity index (χ3v) is 7.34. The normalized spacial score (nSPS) is 33.0. The van der Waals surface area contributed by atoms with Crippen molar-refractivity contribution in [2.45, 2.75) is 51.2 Å². The maximum absolute atomic E-state index is 13.7. The van der Waals surface area contributed by atoms with Crippen LogP contribution in [-0.4, -0.2) is 10.9 Å². The molecule has 1 heterocycles. The van der Waals surface area contributed by atoms with Crippen molar-refractivity contribution in [2.24, 2.45) is 11.3 Å². The molecule has 2 heteroatoms. The molecule has 3 aliphatic rings. The van der Waals surface area contributed by atoms with E-state index in [-0.39, 0.29) is 11.2 Å². The number of rotatable bonds is 4. The van der Waals surface area contributed by atoms with E-state index in [4.69, 9.17) is 0 Å². The maximum atomic E-state index is 13.7. The van der Waals surface area contributed by atoms with Gasteiger partial charge in [0.2, 0.25) is 0 Å². The van der Waals surface area contributed by atoms with Crippen molar-refractivity contribution < 1.29 is 4.39 Å². The monoisotopic (exact) mass is 347 g/mol. The van der Waals surface area contributed by atoms with Gasteiger partial charge in [0.25, 0.3) is 0 Å². The van der Waals surface area contributed by atoms with E-state index in [0.717, 1.165) is 18.5 Å². The Morgan fingerprint density at radius 2 is 1.92 bits per heavy atom. The molecule has 0 N–H and O–H groups in total. The van der Waals surface area contributed by atoms with Crippen molar-refractivity contribution >= 4 is 0 Å². The summed E-state index contributed by atoms with van der Waals surface area (Å²) in [6, 6.07) is 17.0. The van der Waals surface area contributed by atoms with Crippen LogP contribution in [0.1, 0.15) is 49.9 Å². The Balaban J connectivity index is 1.59. The largest absolute Gasteiger partial charge is 0.288 e. The summed E-state index contributed by atoms with van der Waals surface area (Å²) in [6.45, 7) is 12.0. The molecule has 1 saturated heterocycles. The molecule has 0 amide bonds. The predicted octanol–water partition coefficient (Wildman–Crippen LogP) is 5.62. The predicted molar refractivity (Wildman–Crippen MR) is 103 cm³/mol. The molecule has 0 aromatic heterocycles. The first-order valence-corrected chi connectivity index (χ1v) is 9.63. The van der Waals surface area contributed by atoms with Crippen molar-refractivity contribution in [3.05, 3.63) is 83.2 Å². The van der Waals surface area contributed by atoms with Crippen LogP contribution in [0.25, 0.3) is 0 Å². The zero-order valence-electron chi connectivity index (χ0n) is 15.8. The Bertz CT molecular complexity index is 914. The molecule has 2 fully saturated rings. The Morgan fingerprint density at radius 3 is 2.65 bits per heavy atom. The highest BCUT2D eigenvalue weighted by Crippen LogP contribution is 2.86. The van der Waals surface area contributed by atoms with Gasteiger partial charge in [-0.1, -0.05) is 55.8 Å². The minimum absolute atomic E-state index is 0.146. The van der Waals surface area contributed by atoms with Crippen LogP contribution < -0.4 is 0 Å². The Hall–Kier alpha value is -1.93. The summed E-state index contributed by atoms with van der Waals surface area (Å²) in [5.41, 5.74) is 5.93. The van der Waals surface area contributed by atoms with E-state index in [1.165, 1.54) is 17.2 Å². The lowest BCUT2D eigenvalue weighted by Crippen LogP contribution is -2.45. The van der Waals surface area contributed by atoms with Gasteiger partial charge in [-0.2, -0.15) is 0 Å². The van der Waals surface area contributed by atoms with Crippen molar-refractivity contribution in [3.63, 3.8) is 0 Å². The van der Waals surface area contributed by atoms with Gasteiger partial charge in [0.05, 0.1) is 0 Å². The number of hydrogen-bond acceptors (Lipinski definition) is 1. The zero-order chi connectivity index (χ0) is 18.3. The highest BCUT2D eigenvalue weighted by Gasteiger charge is 2.86. The quantitative estimate of drug-likeness (QED) is 0.648. The van der Waals surface area contributed by atoms with Crippen molar-refractivity contribution in [2.75, 3.05) is 0 Å². The van der Waals surface area contributed by atoms with Crippen molar-refractivity contribution in [3.8, 4) is 0 Å². The second-order valence-corrected chi connectivity index (χ2v) is 9.09. The first kappa shape index (κ1) is 16.3. The average molecular weight is 347 g/mol. The molecule has 0 bridgehead atoms. The molecule has 1 spiro atoms. The maximum Gasteiger partial charge on any atom is 0.123 e. The van der Waals surface area contributed by atoms with Crippen molar-refractivity contribution in [1.29, 1.82) is 0 Å². The van der Waals surface area contributed by atoms with Crippen molar-refractivity contribution in [1.82, 2.24) is 4.90 Å². The van der Waals surface area contributed by atoms with Gasteiger partial charge in [-0.05, 0) is 53.5 Å². The Kier molecular flexibility index (Phi) is 3.17. The molecular formula is C24H26FN. The summed E-state index contributed by atoms with van der Waals surface area (Å²) in [6.07, 6.45) is 1.02. The molecule has 5 rings (SSSR count). The molecule has 1 aliphatic heterocycles. The molecule has 1 nitrogen and oxygen atoms in total. The highest BCUT2D eigenvalue weighted by atomic mass is 19.1. The van der Waals surface area contributed by atoms with Crippen LogP contribution in [0, 0.1) is 17.2 Å². The van der Waals surface area contributed by atoms with Crippen LogP contribution in [0.4, 0.5) is 4.39 Å². The topological polar surface area (TPSA) is 3.24 Å². The van der Waals surface area contributed by atoms with E-state index in [9.17, 15) is 4.39 Å². The summed E-state index contributed by atoms with van der Waals surface area (Å²) in [5, 5.41) is 0. The Labute approximate surface area is 155 Å². The molecule has 2 aromatic rings. The van der Waals surface area contributed by atoms with Crippen LogP contribution >= 0.6 is 0 Å². The van der Waals surface area contributed by atoms with Crippen LogP contribution in [-0.2, 0) is 12.0 Å². The number of likely N-dealkylation sites (tertiary alicyclic amines) is 1. The molecule has 26 heavy (non-hydrogen) atoms. The van der Waals surface area contributed by atoms with Gasteiger partial charge in [0, 0.05) is 24.0 Å². The number of benzene rings is 2. The van der Waals surface area contributed by atoms with Gasteiger partial charge in [-0.15, -0.1) is 6.58 Å². The fourth-order valence-electron chi connectivity index (χ4n) is 6.56. The lowest BCUT2D eigenvalue weighted by Gasteiger charge is -2.48. The first-order valence-electron chi connectivity index (χ1n) is 9.63. The lowest BCUT2D eigenvalue weighted by atomic mass is 9.66. The van der Waals surface area contributed by atoms with Crippen LogP contribution in [0.5, 0.6) is 0 Å². The number of nitrogens with zero attached hydrogens (tertiary/aromatic N) is 1. The van der Waals surface area contributed by atoms with Gasteiger partial charge >= 0.3 is 0 Å². The smallest absolute Gasteiger partial charge is 0.123 e. The number of hydrogen-bond donors (Lipinski definition) is 0. The summed E-state index contributed by atoms with van der Waals surface area (Å²) in [7, 11) is 0. The van der Waals surface area contributed by atoms with Gasteiger partial charge in [-0.3, -0.25) is 4.90 Å². The Morgan fingerprint density at radius 1 is 1.15 bits per heavy atom. The van der Waals surface area contributed by atoms with E-state index in [2.05, 4.69) is 56.5 Å². The van der Waals surface area contributed by atoms with E-state index in [1.807, 2.05) is 12.1 Å². The second kappa shape index (κ2) is 5.07. The third kappa shape index (κ3) is 1.79. The van der Waals surface area contributed by atoms with E-state index >= 15 is 0 Å². The highest BCUT2D eigenvalue weighted by molar-refractivity contribution is 5.62. The van der Waals surface area contributed by atoms with E-state index < -0.39 is 0 Å². The SMILES string of the molecule is C=C(C)CC1C2C(C)(C)C23c2ccccc2C3N1Cc1cccc(F)c1. The summed E-state index contributed by atoms with van der Waals surface area (Å²) < 4.78 is 13.7. The van der Waals surface area contributed by atoms with Crippen LogP contribution in [0.2, 0.25) is 0 Å². The third-order valence-electron chi connectivity index (χ3n) is 7.34. The molecule has 4 atom stereocenters. The van der Waals surface area contributed by atoms with Gasteiger partial charge in [0.1, 0.15) is 5.82 Å². The molecule has 1 saturated carbocycles. The van der Waals surface area contributed by atoms with Gasteiger partial charge in [-0.25, -0.2) is 4.39 Å². The number of piperidine rings is 1. The fraction of sp³-hybridized carbons (Fsp3) is 0.417. The van der Waals surface area contributed by atoms with Gasteiger partial charge < -0.3 is 0 Å². The van der Waals surface area contributed by atoms with E-state index in [0.29, 0.717) is 23.4 Å². The molecule has 0 radical (unpaired) electrons. The summed E-state index contributed by atoms with van der Waals surface area (Å²) in [5.74, 6) is 0.507. The zero-order valence-corrected chi connectivity index (χ0v) is 15.8. The van der Waals surface area contributed by atoms with E-state index in [1.54, 1.807) is 11.6 Å². The van der Waals surface area contributed by atoms with Gasteiger partial charge in [0.15, 0.2) is 0 Å².